The number of piperidine rings is 1. The number of ether oxygens (including phenoxy) is 1. The molecule has 0 saturated carbocycles. The first kappa shape index (κ1) is 22.5. The van der Waals surface area contributed by atoms with E-state index in [4.69, 9.17) is 22.1 Å². The number of nitrogens with two attached hydrogens (primary N) is 1. The van der Waals surface area contributed by atoms with E-state index in [1.54, 1.807) is 24.3 Å². The molecule has 0 aliphatic carbocycles. The molecule has 1 saturated heterocycles. The van der Waals surface area contributed by atoms with Crippen LogP contribution in [0.15, 0.2) is 47.4 Å². The third-order valence-electron chi connectivity index (χ3n) is 5.05. The summed E-state index contributed by atoms with van der Waals surface area (Å²) in [4.78, 5) is 11.4. The zero-order chi connectivity index (χ0) is 21.9. The highest BCUT2D eigenvalue weighted by molar-refractivity contribution is 7.89. The summed E-state index contributed by atoms with van der Waals surface area (Å²) in [7, 11) is -4.10. The molecule has 1 aliphatic rings. The minimum atomic E-state index is -4.10. The maximum absolute atomic E-state index is 13.6. The Labute approximate surface area is 178 Å². The Hall–Kier alpha value is -2.23. The lowest BCUT2D eigenvalue weighted by atomic mass is 9.78. The van der Waals surface area contributed by atoms with Gasteiger partial charge >= 0.3 is 0 Å². The third kappa shape index (κ3) is 5.08. The van der Waals surface area contributed by atoms with Crippen molar-refractivity contribution in [2.24, 2.45) is 11.1 Å². The number of halogens is 3. The van der Waals surface area contributed by atoms with Gasteiger partial charge in [0, 0.05) is 29.9 Å². The highest BCUT2D eigenvalue weighted by Gasteiger charge is 2.42. The molecule has 2 aromatic rings. The third-order valence-corrected chi connectivity index (χ3v) is 7.12. The number of nitrogens with zero attached hydrogens (tertiary/aromatic N) is 1. The fraction of sp³-hybridized carbons (Fsp3) is 0.350. The van der Waals surface area contributed by atoms with Crippen molar-refractivity contribution in [2.45, 2.75) is 24.2 Å². The summed E-state index contributed by atoms with van der Waals surface area (Å²) in [6.07, 6.45) is 0.882. The lowest BCUT2D eigenvalue weighted by Crippen LogP contribution is -2.50. The Morgan fingerprint density at radius 3 is 2.63 bits per heavy atom. The van der Waals surface area contributed by atoms with E-state index in [1.165, 1.54) is 0 Å². The standard InChI is InChI=1S/C20H21ClF2N2O4S/c21-14-3-1-4-15(9-14)29-13-20(11-19(24)26)7-2-8-25(12-20)30(27,28)16-5-6-17(22)18(23)10-16/h1,3-6,9-10H,2,7-8,11-13H2,(H2,24,26)/t20-/m0/s1. The van der Waals surface area contributed by atoms with Gasteiger partial charge in [-0.05, 0) is 49.2 Å². The van der Waals surface area contributed by atoms with Gasteiger partial charge in [-0.1, -0.05) is 17.7 Å². The van der Waals surface area contributed by atoms with Crippen molar-refractivity contribution in [2.75, 3.05) is 19.7 Å². The van der Waals surface area contributed by atoms with E-state index in [0.717, 1.165) is 16.4 Å². The summed E-state index contributed by atoms with van der Waals surface area (Å²) >= 11 is 5.96. The lowest BCUT2D eigenvalue weighted by molar-refractivity contribution is -0.121. The van der Waals surface area contributed by atoms with Gasteiger partial charge in [0.15, 0.2) is 11.6 Å². The molecule has 1 heterocycles. The first-order chi connectivity index (χ1) is 14.1. The number of sulfonamides is 1. The molecule has 1 aliphatic heterocycles. The van der Waals surface area contributed by atoms with Crippen LogP contribution in [0.3, 0.4) is 0 Å². The molecular weight excluding hydrogens is 438 g/mol. The van der Waals surface area contributed by atoms with Crippen molar-refractivity contribution in [1.29, 1.82) is 0 Å². The number of hydrogen-bond donors (Lipinski definition) is 1. The monoisotopic (exact) mass is 458 g/mol. The average Bonchev–Trinajstić information content (AvgIpc) is 2.68. The van der Waals surface area contributed by atoms with Crippen molar-refractivity contribution in [3.63, 3.8) is 0 Å². The van der Waals surface area contributed by atoms with Crippen LogP contribution >= 0.6 is 11.6 Å². The van der Waals surface area contributed by atoms with Gasteiger partial charge in [-0.2, -0.15) is 4.31 Å². The van der Waals surface area contributed by atoms with E-state index in [0.29, 0.717) is 29.7 Å². The first-order valence-electron chi connectivity index (χ1n) is 9.23. The van der Waals surface area contributed by atoms with Crippen LogP contribution in [-0.2, 0) is 14.8 Å². The van der Waals surface area contributed by atoms with Gasteiger partial charge in [0.25, 0.3) is 0 Å². The lowest BCUT2D eigenvalue weighted by Gasteiger charge is -2.41. The Kier molecular flexibility index (Phi) is 6.64. The van der Waals surface area contributed by atoms with E-state index in [1.807, 2.05) is 0 Å². The molecule has 162 valence electrons. The van der Waals surface area contributed by atoms with Crippen LogP contribution in [-0.4, -0.2) is 38.3 Å². The maximum atomic E-state index is 13.6. The largest absolute Gasteiger partial charge is 0.493 e. The molecule has 3 rings (SSSR count). The maximum Gasteiger partial charge on any atom is 0.243 e. The molecular formula is C20H21ClF2N2O4S. The molecule has 1 amide bonds. The van der Waals surface area contributed by atoms with Crippen molar-refractivity contribution in [3.8, 4) is 5.75 Å². The predicted octanol–water partition coefficient (Wildman–Crippen LogP) is 3.34. The predicted molar refractivity (Wildman–Crippen MR) is 108 cm³/mol. The minimum Gasteiger partial charge on any atom is -0.493 e. The van der Waals surface area contributed by atoms with Crippen LogP contribution in [0.4, 0.5) is 8.78 Å². The van der Waals surface area contributed by atoms with Gasteiger partial charge in [-0.15, -0.1) is 0 Å². The quantitative estimate of drug-likeness (QED) is 0.689. The summed E-state index contributed by atoms with van der Waals surface area (Å²) in [5, 5.41) is 0.475. The zero-order valence-corrected chi connectivity index (χ0v) is 17.6. The SMILES string of the molecule is NC(=O)C[C@@]1(COc2cccc(Cl)c2)CCCN(S(=O)(=O)c2ccc(F)c(F)c2)C1. The average molecular weight is 459 g/mol. The second-order valence-corrected chi connectivity index (χ2v) is 9.78. The summed E-state index contributed by atoms with van der Waals surface area (Å²) < 4.78 is 59.8. The zero-order valence-electron chi connectivity index (χ0n) is 16.0. The van der Waals surface area contributed by atoms with Gasteiger partial charge in [-0.3, -0.25) is 4.79 Å². The highest BCUT2D eigenvalue weighted by Crippen LogP contribution is 2.37. The molecule has 0 radical (unpaired) electrons. The normalized spacial score (nSPS) is 20.1. The molecule has 1 fully saturated rings. The number of rotatable bonds is 7. The number of primary amides is 1. The van der Waals surface area contributed by atoms with Gasteiger partial charge in [0.1, 0.15) is 5.75 Å². The first-order valence-corrected chi connectivity index (χ1v) is 11.1. The summed E-state index contributed by atoms with van der Waals surface area (Å²) in [5.74, 6) is -2.49. The number of carbonyl (C=O) groups excluding carboxylic acids is 1. The number of amides is 1. The molecule has 0 aromatic heterocycles. The molecule has 0 unspecified atom stereocenters. The van der Waals surface area contributed by atoms with E-state index in [9.17, 15) is 22.0 Å². The summed E-state index contributed by atoms with van der Waals surface area (Å²) in [5.41, 5.74) is 4.57. The van der Waals surface area contributed by atoms with Crippen LogP contribution in [0.1, 0.15) is 19.3 Å². The molecule has 2 N–H and O–H groups in total. The Balaban J connectivity index is 1.85. The highest BCUT2D eigenvalue weighted by atomic mass is 35.5. The molecule has 0 bridgehead atoms. The van der Waals surface area contributed by atoms with Crippen molar-refractivity contribution in [1.82, 2.24) is 4.31 Å². The molecule has 0 spiro atoms. The smallest absolute Gasteiger partial charge is 0.243 e. The van der Waals surface area contributed by atoms with E-state index < -0.39 is 33.0 Å². The van der Waals surface area contributed by atoms with Gasteiger partial charge in [0.2, 0.25) is 15.9 Å². The van der Waals surface area contributed by atoms with Crippen LogP contribution in [0.5, 0.6) is 5.75 Å². The number of hydrogen-bond acceptors (Lipinski definition) is 4. The number of carbonyl (C=O) groups is 1. The number of benzene rings is 2. The molecule has 30 heavy (non-hydrogen) atoms. The van der Waals surface area contributed by atoms with Gasteiger partial charge < -0.3 is 10.5 Å². The van der Waals surface area contributed by atoms with Crippen LogP contribution in [0, 0.1) is 17.0 Å². The fourth-order valence-electron chi connectivity index (χ4n) is 3.63. The van der Waals surface area contributed by atoms with Crippen LogP contribution in [0.25, 0.3) is 0 Å². The Bertz CT molecular complexity index is 1050. The Morgan fingerprint density at radius 2 is 1.97 bits per heavy atom. The topological polar surface area (TPSA) is 89.7 Å². The van der Waals surface area contributed by atoms with Crippen molar-refractivity contribution >= 4 is 27.5 Å². The fourth-order valence-corrected chi connectivity index (χ4v) is 5.41. The molecule has 10 heteroatoms. The molecule has 6 nitrogen and oxygen atoms in total. The van der Waals surface area contributed by atoms with Gasteiger partial charge in [0.05, 0.1) is 11.5 Å². The van der Waals surface area contributed by atoms with Crippen molar-refractivity contribution < 1.29 is 26.7 Å². The van der Waals surface area contributed by atoms with E-state index in [-0.39, 0.29) is 31.0 Å². The Morgan fingerprint density at radius 1 is 1.20 bits per heavy atom. The molecule has 1 atom stereocenters. The van der Waals surface area contributed by atoms with Crippen LogP contribution in [0.2, 0.25) is 5.02 Å². The summed E-state index contributed by atoms with van der Waals surface area (Å²) in [6, 6.07) is 9.13. The van der Waals surface area contributed by atoms with Gasteiger partial charge in [-0.25, -0.2) is 17.2 Å². The minimum absolute atomic E-state index is 0.0417. The summed E-state index contributed by atoms with van der Waals surface area (Å²) in [6.45, 7) is 0.178. The second kappa shape index (κ2) is 8.87. The second-order valence-electron chi connectivity index (χ2n) is 7.41. The van der Waals surface area contributed by atoms with E-state index in [2.05, 4.69) is 0 Å². The molecule has 2 aromatic carbocycles. The van der Waals surface area contributed by atoms with Crippen molar-refractivity contribution in [3.05, 3.63) is 59.1 Å². The van der Waals surface area contributed by atoms with E-state index >= 15 is 0 Å². The van der Waals surface area contributed by atoms with Crippen LogP contribution < -0.4 is 10.5 Å².